The van der Waals surface area contributed by atoms with Crippen molar-refractivity contribution >= 4 is 17.7 Å². The van der Waals surface area contributed by atoms with Gasteiger partial charge < -0.3 is 14.8 Å². The lowest BCUT2D eigenvalue weighted by Gasteiger charge is -2.18. The molecule has 7 nitrogen and oxygen atoms in total. The highest BCUT2D eigenvalue weighted by Gasteiger charge is 2.34. The predicted octanol–water partition coefficient (Wildman–Crippen LogP) is 4.77. The second-order valence-corrected chi connectivity index (χ2v) is 8.71. The van der Waals surface area contributed by atoms with E-state index < -0.39 is 0 Å². The van der Waals surface area contributed by atoms with Crippen LogP contribution >= 0.6 is 0 Å². The Morgan fingerprint density at radius 1 is 0.886 bits per heavy atom. The fourth-order valence-electron chi connectivity index (χ4n) is 3.99. The van der Waals surface area contributed by atoms with E-state index in [9.17, 15) is 14.4 Å². The SMILES string of the molecule is COc1cc(C(C)NC(=O)c2ccc(CN3C(=O)c4ccccc4C3=O)cc2)ccc1OC(C)C. The molecule has 0 saturated heterocycles. The minimum atomic E-state index is -0.304. The van der Waals surface area contributed by atoms with Crippen molar-refractivity contribution in [3.05, 3.63) is 94.5 Å². The van der Waals surface area contributed by atoms with E-state index in [-0.39, 0.29) is 36.4 Å². The minimum absolute atomic E-state index is 0.0203. The molecule has 4 rings (SSSR count). The number of fused-ring (bicyclic) bond motifs is 1. The van der Waals surface area contributed by atoms with Crippen molar-refractivity contribution < 1.29 is 23.9 Å². The first kappa shape index (κ1) is 24.0. The number of carbonyl (C=O) groups excluding carboxylic acids is 3. The van der Waals surface area contributed by atoms with E-state index in [2.05, 4.69) is 5.32 Å². The first-order valence-corrected chi connectivity index (χ1v) is 11.5. The molecule has 0 aliphatic carbocycles. The highest BCUT2D eigenvalue weighted by molar-refractivity contribution is 6.21. The van der Waals surface area contributed by atoms with Gasteiger partial charge in [0.25, 0.3) is 17.7 Å². The monoisotopic (exact) mass is 472 g/mol. The second kappa shape index (κ2) is 10.0. The van der Waals surface area contributed by atoms with E-state index in [0.29, 0.717) is 28.2 Å². The summed E-state index contributed by atoms with van der Waals surface area (Å²) in [6, 6.07) is 19.0. The van der Waals surface area contributed by atoms with Gasteiger partial charge in [-0.3, -0.25) is 19.3 Å². The topological polar surface area (TPSA) is 84.9 Å². The Hall–Kier alpha value is -4.13. The molecule has 0 saturated carbocycles. The number of ether oxygens (including phenoxy) is 2. The fraction of sp³-hybridized carbons (Fsp3) is 0.250. The van der Waals surface area contributed by atoms with Crippen LogP contribution in [0.5, 0.6) is 11.5 Å². The molecule has 3 aromatic rings. The van der Waals surface area contributed by atoms with E-state index in [4.69, 9.17) is 9.47 Å². The van der Waals surface area contributed by atoms with Crippen molar-refractivity contribution in [2.24, 2.45) is 0 Å². The number of nitrogens with one attached hydrogen (secondary N) is 1. The maximum atomic E-state index is 12.8. The molecule has 0 fully saturated rings. The number of carbonyl (C=O) groups is 3. The maximum absolute atomic E-state index is 12.8. The molecule has 35 heavy (non-hydrogen) atoms. The molecule has 180 valence electrons. The Morgan fingerprint density at radius 3 is 2.09 bits per heavy atom. The average Bonchev–Trinajstić information content (AvgIpc) is 3.09. The molecule has 1 unspecified atom stereocenters. The van der Waals surface area contributed by atoms with Crippen LogP contribution in [0.25, 0.3) is 0 Å². The Labute approximate surface area is 204 Å². The minimum Gasteiger partial charge on any atom is -0.493 e. The standard InChI is InChI=1S/C28H28N2O5/c1-17(2)35-24-14-13-21(15-25(24)34-4)18(3)29-26(31)20-11-9-19(10-12-20)16-30-27(32)22-7-5-6-8-23(22)28(30)33/h5-15,17-18H,16H2,1-4H3,(H,29,31). The van der Waals surface area contributed by atoms with Gasteiger partial charge in [-0.2, -0.15) is 0 Å². The Bertz CT molecular complexity index is 1230. The van der Waals surface area contributed by atoms with Crippen LogP contribution in [0.3, 0.4) is 0 Å². The van der Waals surface area contributed by atoms with Gasteiger partial charge in [0.1, 0.15) is 0 Å². The summed E-state index contributed by atoms with van der Waals surface area (Å²) in [6.07, 6.45) is 0.0203. The number of benzene rings is 3. The zero-order valence-corrected chi connectivity index (χ0v) is 20.2. The largest absolute Gasteiger partial charge is 0.493 e. The number of hydrogen-bond acceptors (Lipinski definition) is 5. The Kier molecular flexibility index (Phi) is 6.87. The van der Waals surface area contributed by atoms with Gasteiger partial charge >= 0.3 is 0 Å². The Morgan fingerprint density at radius 2 is 1.51 bits per heavy atom. The van der Waals surface area contributed by atoms with E-state index >= 15 is 0 Å². The number of imide groups is 1. The van der Waals surface area contributed by atoms with Crippen LogP contribution < -0.4 is 14.8 Å². The van der Waals surface area contributed by atoms with Gasteiger partial charge in [0.15, 0.2) is 11.5 Å². The molecular weight excluding hydrogens is 444 g/mol. The molecule has 1 aliphatic rings. The van der Waals surface area contributed by atoms with Gasteiger partial charge in [-0.05, 0) is 68.3 Å². The molecule has 3 amide bonds. The molecule has 7 heteroatoms. The summed E-state index contributed by atoms with van der Waals surface area (Å²) in [5.41, 5.74) is 2.96. The molecule has 3 aromatic carbocycles. The summed E-state index contributed by atoms with van der Waals surface area (Å²) in [7, 11) is 1.58. The first-order chi connectivity index (χ1) is 16.8. The van der Waals surface area contributed by atoms with Crippen LogP contribution in [0.2, 0.25) is 0 Å². The van der Waals surface area contributed by atoms with Crippen molar-refractivity contribution in [1.29, 1.82) is 0 Å². The molecule has 1 aliphatic heterocycles. The first-order valence-electron chi connectivity index (χ1n) is 11.5. The van der Waals surface area contributed by atoms with Gasteiger partial charge in [-0.25, -0.2) is 0 Å². The quantitative estimate of drug-likeness (QED) is 0.478. The molecule has 0 aromatic heterocycles. The number of amides is 3. The van der Waals surface area contributed by atoms with E-state index in [1.807, 2.05) is 39.0 Å². The highest BCUT2D eigenvalue weighted by atomic mass is 16.5. The smallest absolute Gasteiger partial charge is 0.261 e. The summed E-state index contributed by atoms with van der Waals surface area (Å²) < 4.78 is 11.2. The summed E-state index contributed by atoms with van der Waals surface area (Å²) >= 11 is 0. The van der Waals surface area contributed by atoms with Crippen LogP contribution in [0, 0.1) is 0 Å². The third-order valence-electron chi connectivity index (χ3n) is 5.83. The molecule has 0 radical (unpaired) electrons. The number of rotatable bonds is 8. The van der Waals surface area contributed by atoms with Gasteiger partial charge in [-0.15, -0.1) is 0 Å². The van der Waals surface area contributed by atoms with E-state index in [1.54, 1.807) is 55.6 Å². The van der Waals surface area contributed by atoms with Crippen molar-refractivity contribution in [3.63, 3.8) is 0 Å². The van der Waals surface area contributed by atoms with Crippen LogP contribution in [0.4, 0.5) is 0 Å². The number of methoxy groups -OCH3 is 1. The van der Waals surface area contributed by atoms with Gasteiger partial charge in [0.05, 0.1) is 36.9 Å². The third-order valence-corrected chi connectivity index (χ3v) is 5.83. The lowest BCUT2D eigenvalue weighted by molar-refractivity contribution is 0.0641. The summed E-state index contributed by atoms with van der Waals surface area (Å²) in [5.74, 6) is 0.419. The van der Waals surface area contributed by atoms with E-state index in [1.165, 1.54) is 4.90 Å². The predicted molar refractivity (Wildman–Crippen MR) is 132 cm³/mol. The summed E-state index contributed by atoms with van der Waals surface area (Å²) in [5, 5.41) is 2.99. The van der Waals surface area contributed by atoms with Crippen LogP contribution in [0.1, 0.15) is 69.0 Å². The molecule has 0 bridgehead atoms. The maximum Gasteiger partial charge on any atom is 0.261 e. The lowest BCUT2D eigenvalue weighted by Crippen LogP contribution is -2.29. The van der Waals surface area contributed by atoms with Crippen molar-refractivity contribution in [3.8, 4) is 11.5 Å². The van der Waals surface area contributed by atoms with Crippen LogP contribution in [-0.4, -0.2) is 35.8 Å². The van der Waals surface area contributed by atoms with Gasteiger partial charge in [-0.1, -0.05) is 30.3 Å². The molecular formula is C28H28N2O5. The van der Waals surface area contributed by atoms with E-state index in [0.717, 1.165) is 11.1 Å². The molecule has 1 atom stereocenters. The van der Waals surface area contributed by atoms with Crippen LogP contribution in [0.15, 0.2) is 66.7 Å². The second-order valence-electron chi connectivity index (χ2n) is 8.71. The number of hydrogen-bond donors (Lipinski definition) is 1. The highest BCUT2D eigenvalue weighted by Crippen LogP contribution is 2.31. The van der Waals surface area contributed by atoms with Crippen LogP contribution in [-0.2, 0) is 6.54 Å². The fourth-order valence-corrected chi connectivity index (χ4v) is 3.99. The van der Waals surface area contributed by atoms with Crippen molar-refractivity contribution in [2.45, 2.75) is 39.5 Å². The average molecular weight is 473 g/mol. The number of nitrogens with zero attached hydrogens (tertiary/aromatic N) is 1. The van der Waals surface area contributed by atoms with Gasteiger partial charge in [0.2, 0.25) is 0 Å². The summed E-state index contributed by atoms with van der Waals surface area (Å²) in [4.78, 5) is 39.2. The molecule has 1 heterocycles. The Balaban J connectivity index is 1.40. The van der Waals surface area contributed by atoms with Crippen molar-refractivity contribution in [2.75, 3.05) is 7.11 Å². The zero-order chi connectivity index (χ0) is 25.1. The molecule has 0 spiro atoms. The van der Waals surface area contributed by atoms with Crippen molar-refractivity contribution in [1.82, 2.24) is 10.2 Å². The summed E-state index contributed by atoms with van der Waals surface area (Å²) in [6.45, 7) is 5.93. The van der Waals surface area contributed by atoms with Gasteiger partial charge in [0, 0.05) is 5.56 Å². The lowest BCUT2D eigenvalue weighted by atomic mass is 10.1. The zero-order valence-electron chi connectivity index (χ0n) is 20.2. The normalized spacial score (nSPS) is 13.6. The third kappa shape index (κ3) is 5.04. The molecule has 1 N–H and O–H groups in total.